The van der Waals surface area contributed by atoms with Gasteiger partial charge in [-0.1, -0.05) is 29.3 Å². The van der Waals surface area contributed by atoms with Crippen molar-refractivity contribution in [2.75, 3.05) is 13.1 Å². The van der Waals surface area contributed by atoms with Gasteiger partial charge in [0.15, 0.2) is 0 Å². The highest BCUT2D eigenvalue weighted by Gasteiger charge is 2.25. The van der Waals surface area contributed by atoms with Crippen LogP contribution in [-0.4, -0.2) is 25.0 Å². The average molecular weight is 324 g/mol. The summed E-state index contributed by atoms with van der Waals surface area (Å²) in [5.41, 5.74) is 1.00. The maximum atomic E-state index is 11.8. The van der Waals surface area contributed by atoms with Gasteiger partial charge in [-0.2, -0.15) is 0 Å². The van der Waals surface area contributed by atoms with Crippen molar-refractivity contribution < 1.29 is 4.79 Å². The molecule has 0 aromatic heterocycles. The number of amides is 1. The number of rotatable bonds is 4. The maximum absolute atomic E-state index is 11.8. The summed E-state index contributed by atoms with van der Waals surface area (Å²) in [5, 5.41) is 7.36. The molecule has 1 amide bonds. The number of nitrogens with one attached hydrogen (secondary N) is 2. The van der Waals surface area contributed by atoms with E-state index in [-0.39, 0.29) is 30.3 Å². The molecule has 6 heteroatoms. The Morgan fingerprint density at radius 2 is 2.16 bits per heavy atom. The Bertz CT molecular complexity index is 450. The molecule has 1 fully saturated rings. The minimum atomic E-state index is 0. The molecule has 0 aliphatic carbocycles. The van der Waals surface area contributed by atoms with E-state index in [1.165, 1.54) is 0 Å². The Hall–Kier alpha value is -0.480. The highest BCUT2D eigenvalue weighted by atomic mass is 35.5. The summed E-state index contributed by atoms with van der Waals surface area (Å²) in [5.74, 6) is 0.236. The van der Waals surface area contributed by atoms with Crippen LogP contribution < -0.4 is 10.6 Å². The highest BCUT2D eigenvalue weighted by Crippen LogP contribution is 2.22. The molecule has 1 aliphatic heterocycles. The summed E-state index contributed by atoms with van der Waals surface area (Å²) in [4.78, 5) is 11.8. The molecular weight excluding hydrogens is 307 g/mol. The van der Waals surface area contributed by atoms with Gasteiger partial charge < -0.3 is 10.6 Å². The van der Waals surface area contributed by atoms with E-state index in [4.69, 9.17) is 23.2 Å². The lowest BCUT2D eigenvalue weighted by atomic mass is 10.0. The topological polar surface area (TPSA) is 41.1 Å². The van der Waals surface area contributed by atoms with Gasteiger partial charge >= 0.3 is 0 Å². The van der Waals surface area contributed by atoms with E-state index in [1.54, 1.807) is 6.07 Å². The third kappa shape index (κ3) is 4.53. The molecule has 2 N–H and O–H groups in total. The van der Waals surface area contributed by atoms with Crippen LogP contribution in [0.3, 0.4) is 0 Å². The second kappa shape index (κ2) is 7.34. The zero-order chi connectivity index (χ0) is 13.1. The van der Waals surface area contributed by atoms with Crippen molar-refractivity contribution in [1.29, 1.82) is 0 Å². The second-order valence-corrected chi connectivity index (χ2v) is 5.55. The number of hydrogen-bond acceptors (Lipinski definition) is 2. The van der Waals surface area contributed by atoms with E-state index in [0.29, 0.717) is 16.5 Å². The molecule has 106 valence electrons. The second-order valence-electron chi connectivity index (χ2n) is 4.70. The number of benzene rings is 1. The fourth-order valence-corrected chi connectivity index (χ4v) is 2.39. The van der Waals surface area contributed by atoms with Gasteiger partial charge in [0.1, 0.15) is 0 Å². The van der Waals surface area contributed by atoms with Gasteiger partial charge in [0.25, 0.3) is 0 Å². The number of hydrogen-bond donors (Lipinski definition) is 2. The lowest BCUT2D eigenvalue weighted by molar-refractivity contribution is -0.127. The van der Waals surface area contributed by atoms with Gasteiger partial charge in [-0.05, 0) is 31.0 Å². The molecule has 19 heavy (non-hydrogen) atoms. The van der Waals surface area contributed by atoms with Crippen LogP contribution >= 0.6 is 35.6 Å². The Kier molecular flexibility index (Phi) is 6.40. The van der Waals surface area contributed by atoms with Crippen molar-refractivity contribution in [1.82, 2.24) is 10.6 Å². The van der Waals surface area contributed by atoms with E-state index in [0.717, 1.165) is 18.7 Å². The van der Waals surface area contributed by atoms with Gasteiger partial charge in [-0.15, -0.1) is 12.4 Å². The summed E-state index contributed by atoms with van der Waals surface area (Å²) >= 11 is 11.9. The van der Waals surface area contributed by atoms with E-state index >= 15 is 0 Å². The molecule has 3 nitrogen and oxygen atoms in total. The Balaban J connectivity index is 0.00000180. The molecule has 1 atom stereocenters. The minimum Gasteiger partial charge on any atom is -0.353 e. The van der Waals surface area contributed by atoms with Crippen molar-refractivity contribution in [2.24, 2.45) is 5.92 Å². The fraction of sp³-hybridized carbons (Fsp3) is 0.462. The molecule has 2 rings (SSSR count). The molecule has 1 heterocycles. The number of halogens is 3. The summed E-state index contributed by atoms with van der Waals surface area (Å²) in [6, 6.07) is 5.51. The van der Waals surface area contributed by atoms with Crippen LogP contribution in [0.1, 0.15) is 12.5 Å². The van der Waals surface area contributed by atoms with Crippen LogP contribution in [0.2, 0.25) is 10.0 Å². The van der Waals surface area contributed by atoms with Gasteiger partial charge in [-0.3, -0.25) is 4.79 Å². The van der Waals surface area contributed by atoms with Crippen LogP contribution in [-0.2, 0) is 11.2 Å². The predicted octanol–water partition coefficient (Wildman–Crippen LogP) is 2.68. The third-order valence-corrected chi connectivity index (χ3v) is 3.67. The zero-order valence-electron chi connectivity index (χ0n) is 10.6. The molecule has 0 spiro atoms. The third-order valence-electron chi connectivity index (χ3n) is 3.08. The van der Waals surface area contributed by atoms with Gasteiger partial charge in [0.2, 0.25) is 5.91 Å². The van der Waals surface area contributed by atoms with Crippen LogP contribution in [0.5, 0.6) is 0 Å². The molecule has 1 aromatic carbocycles. The first-order valence-corrected chi connectivity index (χ1v) is 6.77. The van der Waals surface area contributed by atoms with Gasteiger partial charge in [0, 0.05) is 29.2 Å². The SMILES string of the molecule is CC(Cc1ccc(Cl)cc1Cl)NC(=O)C1CNC1.Cl. The summed E-state index contributed by atoms with van der Waals surface area (Å²) < 4.78 is 0. The molecule has 1 aliphatic rings. The quantitative estimate of drug-likeness (QED) is 0.894. The van der Waals surface area contributed by atoms with E-state index in [1.807, 2.05) is 19.1 Å². The first-order chi connectivity index (χ1) is 8.56. The maximum Gasteiger partial charge on any atom is 0.225 e. The van der Waals surface area contributed by atoms with Crippen molar-refractivity contribution in [2.45, 2.75) is 19.4 Å². The lowest BCUT2D eigenvalue weighted by Gasteiger charge is -2.27. The highest BCUT2D eigenvalue weighted by molar-refractivity contribution is 6.35. The molecule has 0 radical (unpaired) electrons. The molecular formula is C13H17Cl3N2O. The van der Waals surface area contributed by atoms with Crippen molar-refractivity contribution in [3.63, 3.8) is 0 Å². The molecule has 1 unspecified atom stereocenters. The molecule has 1 aromatic rings. The normalized spacial score (nSPS) is 16.2. The van der Waals surface area contributed by atoms with Crippen LogP contribution in [0.15, 0.2) is 18.2 Å². The van der Waals surface area contributed by atoms with Gasteiger partial charge in [-0.25, -0.2) is 0 Å². The van der Waals surface area contributed by atoms with E-state index in [9.17, 15) is 4.79 Å². The largest absolute Gasteiger partial charge is 0.353 e. The van der Waals surface area contributed by atoms with Crippen molar-refractivity contribution in [3.05, 3.63) is 33.8 Å². The standard InChI is InChI=1S/C13H16Cl2N2O.ClH/c1-8(17-13(18)10-6-16-7-10)4-9-2-3-11(14)5-12(9)15;/h2-3,5,8,10,16H,4,6-7H2,1H3,(H,17,18);1H. The summed E-state index contributed by atoms with van der Waals surface area (Å²) in [6.45, 7) is 3.54. The van der Waals surface area contributed by atoms with Crippen molar-refractivity contribution in [3.8, 4) is 0 Å². The van der Waals surface area contributed by atoms with Crippen LogP contribution in [0.4, 0.5) is 0 Å². The monoisotopic (exact) mass is 322 g/mol. The Morgan fingerprint density at radius 1 is 1.47 bits per heavy atom. The average Bonchev–Trinajstić information content (AvgIpc) is 2.19. The molecule has 0 bridgehead atoms. The van der Waals surface area contributed by atoms with Crippen molar-refractivity contribution >= 4 is 41.5 Å². The first kappa shape index (κ1) is 16.6. The van der Waals surface area contributed by atoms with E-state index < -0.39 is 0 Å². The Morgan fingerprint density at radius 3 is 2.68 bits per heavy atom. The fourth-order valence-electron chi connectivity index (χ4n) is 1.90. The summed E-state index contributed by atoms with van der Waals surface area (Å²) in [6.07, 6.45) is 0.710. The summed E-state index contributed by atoms with van der Waals surface area (Å²) in [7, 11) is 0. The predicted molar refractivity (Wildman–Crippen MR) is 81.4 cm³/mol. The van der Waals surface area contributed by atoms with Crippen LogP contribution in [0.25, 0.3) is 0 Å². The van der Waals surface area contributed by atoms with Crippen LogP contribution in [0, 0.1) is 5.92 Å². The van der Waals surface area contributed by atoms with E-state index in [2.05, 4.69) is 10.6 Å². The number of carbonyl (C=O) groups excluding carboxylic acids is 1. The lowest BCUT2D eigenvalue weighted by Crippen LogP contribution is -2.52. The Labute approximate surface area is 129 Å². The molecule has 1 saturated heterocycles. The number of carbonyl (C=O) groups is 1. The molecule has 0 saturated carbocycles. The zero-order valence-corrected chi connectivity index (χ0v) is 12.9. The van der Waals surface area contributed by atoms with Gasteiger partial charge in [0.05, 0.1) is 5.92 Å². The smallest absolute Gasteiger partial charge is 0.225 e. The first-order valence-electron chi connectivity index (χ1n) is 6.01. The minimum absolute atomic E-state index is 0.